The third-order valence-electron chi connectivity index (χ3n) is 8.42. The summed E-state index contributed by atoms with van der Waals surface area (Å²) < 4.78 is 4.92. The summed E-state index contributed by atoms with van der Waals surface area (Å²) in [6.45, 7) is 0. The summed E-state index contributed by atoms with van der Waals surface area (Å²) in [5, 5.41) is 6.38. The van der Waals surface area contributed by atoms with Gasteiger partial charge in [0.05, 0.1) is 21.3 Å². The van der Waals surface area contributed by atoms with E-state index >= 15 is 0 Å². The number of hydrogen-bond donors (Lipinski definition) is 0. The van der Waals surface area contributed by atoms with E-state index in [-0.39, 0.29) is 0 Å². The Labute approximate surface area is 246 Å². The summed E-state index contributed by atoms with van der Waals surface area (Å²) >= 11 is 1.81. The molecule has 0 atom stereocenters. The SMILES string of the molecule is c1cc(-c2cccc(-n3c4ccccc4c4ccccc43)c2)cc(-c2ccc3c(c2)ncc2sc4ccccc4c23)c1. The molecule has 0 radical (unpaired) electrons. The Morgan fingerprint density at radius 3 is 1.83 bits per heavy atom. The van der Waals surface area contributed by atoms with Crippen molar-refractivity contribution in [2.75, 3.05) is 0 Å². The van der Waals surface area contributed by atoms with E-state index < -0.39 is 0 Å². The van der Waals surface area contributed by atoms with Gasteiger partial charge in [-0.15, -0.1) is 11.3 Å². The second-order valence-corrected chi connectivity index (χ2v) is 11.9. The molecule has 3 heterocycles. The topological polar surface area (TPSA) is 17.8 Å². The van der Waals surface area contributed by atoms with Crippen molar-refractivity contribution in [1.82, 2.24) is 9.55 Å². The smallest absolute Gasteiger partial charge is 0.0715 e. The van der Waals surface area contributed by atoms with E-state index in [0.29, 0.717) is 0 Å². The van der Waals surface area contributed by atoms with Crippen LogP contribution in [0.25, 0.3) is 80.8 Å². The van der Waals surface area contributed by atoms with Crippen LogP contribution in [-0.4, -0.2) is 9.55 Å². The molecule has 6 aromatic carbocycles. The van der Waals surface area contributed by atoms with E-state index in [4.69, 9.17) is 4.98 Å². The highest BCUT2D eigenvalue weighted by molar-refractivity contribution is 7.26. The Balaban J connectivity index is 1.15. The van der Waals surface area contributed by atoms with E-state index in [1.807, 2.05) is 17.5 Å². The maximum absolute atomic E-state index is 4.87. The van der Waals surface area contributed by atoms with Crippen molar-refractivity contribution in [3.05, 3.63) is 146 Å². The minimum Gasteiger partial charge on any atom is -0.309 e. The average Bonchev–Trinajstić information content (AvgIpc) is 3.61. The fourth-order valence-corrected chi connectivity index (χ4v) is 7.59. The third kappa shape index (κ3) is 3.54. The molecule has 0 unspecified atom stereocenters. The molecule has 0 fully saturated rings. The highest BCUT2D eigenvalue weighted by Gasteiger charge is 2.13. The van der Waals surface area contributed by atoms with E-state index in [9.17, 15) is 0 Å². The van der Waals surface area contributed by atoms with Crippen molar-refractivity contribution in [2.24, 2.45) is 0 Å². The normalized spacial score (nSPS) is 11.8. The molecular weight excluding hydrogens is 529 g/mol. The molecule has 0 saturated carbocycles. The van der Waals surface area contributed by atoms with Crippen molar-refractivity contribution < 1.29 is 0 Å². The minimum atomic E-state index is 1.03. The predicted octanol–water partition coefficient (Wildman–Crippen LogP) is 11.0. The highest BCUT2D eigenvalue weighted by atomic mass is 32.1. The van der Waals surface area contributed by atoms with Gasteiger partial charge >= 0.3 is 0 Å². The van der Waals surface area contributed by atoms with Gasteiger partial charge in [-0.05, 0) is 64.7 Å². The van der Waals surface area contributed by atoms with Gasteiger partial charge < -0.3 is 4.57 Å². The molecule has 0 bridgehead atoms. The van der Waals surface area contributed by atoms with Crippen LogP contribution in [0.1, 0.15) is 0 Å². The number of nitrogens with zero attached hydrogens (tertiary/aromatic N) is 2. The standard InChI is InChI=1S/C39H24N2S/c1-4-16-35-30(13-1)31-14-2-5-17-36(31)41(35)29-12-8-11-27(22-29)25-9-7-10-26(21-25)28-19-20-32-34(23-28)40-24-38-39(32)33-15-3-6-18-37(33)42-38/h1-24H. The van der Waals surface area contributed by atoms with Crippen LogP contribution in [0.5, 0.6) is 0 Å². The number of benzene rings is 6. The van der Waals surface area contributed by atoms with Crippen molar-refractivity contribution in [1.29, 1.82) is 0 Å². The maximum Gasteiger partial charge on any atom is 0.0715 e. The van der Waals surface area contributed by atoms with Crippen LogP contribution in [0.3, 0.4) is 0 Å². The molecule has 3 heteroatoms. The monoisotopic (exact) mass is 552 g/mol. The van der Waals surface area contributed by atoms with Crippen LogP contribution in [0.15, 0.2) is 146 Å². The molecule has 0 aliphatic rings. The maximum atomic E-state index is 4.87. The Bertz CT molecular complexity index is 2430. The van der Waals surface area contributed by atoms with Crippen molar-refractivity contribution in [3.63, 3.8) is 0 Å². The van der Waals surface area contributed by atoms with E-state index in [1.165, 1.54) is 69.6 Å². The predicted molar refractivity (Wildman–Crippen MR) is 180 cm³/mol. The molecule has 0 saturated heterocycles. The lowest BCUT2D eigenvalue weighted by molar-refractivity contribution is 1.18. The minimum absolute atomic E-state index is 1.03. The van der Waals surface area contributed by atoms with Crippen LogP contribution in [0.4, 0.5) is 0 Å². The highest BCUT2D eigenvalue weighted by Crippen LogP contribution is 2.39. The Morgan fingerprint density at radius 1 is 0.452 bits per heavy atom. The van der Waals surface area contributed by atoms with E-state index in [0.717, 1.165) is 11.2 Å². The summed E-state index contributed by atoms with van der Waals surface area (Å²) in [7, 11) is 0. The van der Waals surface area contributed by atoms with E-state index in [1.54, 1.807) is 0 Å². The first kappa shape index (κ1) is 23.5. The van der Waals surface area contributed by atoms with Gasteiger partial charge in [-0.3, -0.25) is 4.98 Å². The molecule has 196 valence electrons. The molecule has 2 nitrogen and oxygen atoms in total. The van der Waals surface area contributed by atoms with Crippen LogP contribution in [0.2, 0.25) is 0 Å². The summed E-state index contributed by atoms with van der Waals surface area (Å²) in [5.41, 5.74) is 9.40. The first-order valence-corrected chi connectivity index (χ1v) is 15.0. The van der Waals surface area contributed by atoms with E-state index in [2.05, 4.69) is 144 Å². The number of para-hydroxylation sites is 2. The lowest BCUT2D eigenvalue weighted by Gasteiger charge is -2.11. The zero-order valence-electron chi connectivity index (χ0n) is 22.7. The second-order valence-electron chi connectivity index (χ2n) is 10.8. The van der Waals surface area contributed by atoms with Gasteiger partial charge in [0.2, 0.25) is 0 Å². The van der Waals surface area contributed by atoms with Crippen LogP contribution in [0, 0.1) is 0 Å². The molecule has 3 aromatic heterocycles. The van der Waals surface area contributed by atoms with Gasteiger partial charge in [0.25, 0.3) is 0 Å². The lowest BCUT2D eigenvalue weighted by Crippen LogP contribution is -1.94. The molecule has 42 heavy (non-hydrogen) atoms. The van der Waals surface area contributed by atoms with Crippen LogP contribution < -0.4 is 0 Å². The van der Waals surface area contributed by atoms with Gasteiger partial charge in [-0.1, -0.05) is 97.1 Å². The molecule has 0 amide bonds. The molecule has 0 spiro atoms. The van der Waals surface area contributed by atoms with Crippen molar-refractivity contribution >= 4 is 64.2 Å². The summed E-state index contributed by atoms with van der Waals surface area (Å²) in [6.07, 6.45) is 2.03. The van der Waals surface area contributed by atoms with Crippen LogP contribution >= 0.6 is 11.3 Å². The van der Waals surface area contributed by atoms with Gasteiger partial charge in [-0.25, -0.2) is 0 Å². The summed E-state index contributed by atoms with van der Waals surface area (Å²) in [5.74, 6) is 0. The summed E-state index contributed by atoms with van der Waals surface area (Å²) in [6, 6.07) is 50.4. The second kappa shape index (κ2) is 9.13. The summed E-state index contributed by atoms with van der Waals surface area (Å²) in [4.78, 5) is 4.87. The fourth-order valence-electron chi connectivity index (χ4n) is 6.49. The zero-order chi connectivity index (χ0) is 27.6. The number of aromatic nitrogens is 2. The van der Waals surface area contributed by atoms with Gasteiger partial charge in [0.1, 0.15) is 0 Å². The Kier molecular flexibility index (Phi) is 5.10. The number of fused-ring (bicyclic) bond motifs is 8. The number of thiophene rings is 1. The first-order chi connectivity index (χ1) is 20.8. The van der Waals surface area contributed by atoms with Crippen molar-refractivity contribution in [2.45, 2.75) is 0 Å². The average molecular weight is 553 g/mol. The molecule has 0 aliphatic carbocycles. The Morgan fingerprint density at radius 2 is 1.07 bits per heavy atom. The lowest BCUT2D eigenvalue weighted by atomic mass is 9.97. The number of hydrogen-bond acceptors (Lipinski definition) is 2. The largest absolute Gasteiger partial charge is 0.309 e. The molecule has 0 N–H and O–H groups in total. The number of rotatable bonds is 3. The Hall–Kier alpha value is -5.25. The quantitative estimate of drug-likeness (QED) is 0.213. The molecule has 9 rings (SSSR count). The molecule has 0 aliphatic heterocycles. The zero-order valence-corrected chi connectivity index (χ0v) is 23.5. The first-order valence-electron chi connectivity index (χ1n) is 14.2. The third-order valence-corrected chi connectivity index (χ3v) is 9.53. The molecular formula is C39H24N2S. The van der Waals surface area contributed by atoms with Gasteiger partial charge in [0.15, 0.2) is 0 Å². The van der Waals surface area contributed by atoms with Crippen LogP contribution in [-0.2, 0) is 0 Å². The molecule has 9 aromatic rings. The number of pyridine rings is 1. The van der Waals surface area contributed by atoms with Gasteiger partial charge in [0, 0.05) is 43.5 Å². The fraction of sp³-hybridized carbons (Fsp3) is 0. The van der Waals surface area contributed by atoms with Crippen molar-refractivity contribution in [3.8, 4) is 27.9 Å². The van der Waals surface area contributed by atoms with Gasteiger partial charge in [-0.2, -0.15) is 0 Å².